The number of carbonyl (C=O) groups excluding carboxylic acids is 3. The van der Waals surface area contributed by atoms with Crippen molar-refractivity contribution in [1.29, 1.82) is 0 Å². The van der Waals surface area contributed by atoms with E-state index in [9.17, 15) is 29.1 Å². The number of hydrogen-bond acceptors (Lipinski definition) is 8. The highest BCUT2D eigenvalue weighted by molar-refractivity contribution is 7.98. The van der Waals surface area contributed by atoms with Crippen LogP contribution in [0.4, 0.5) is 0 Å². The number of carboxylic acids is 2. The zero-order chi connectivity index (χ0) is 25.3. The molecular formula is C20H30N6O7S. The third kappa shape index (κ3) is 7.73. The summed E-state index contributed by atoms with van der Waals surface area (Å²) >= 11 is 1.46. The molecule has 4 atom stereocenters. The maximum atomic E-state index is 13.1. The highest BCUT2D eigenvalue weighted by Crippen LogP contribution is 2.20. The van der Waals surface area contributed by atoms with Crippen molar-refractivity contribution in [2.75, 3.05) is 18.6 Å². The summed E-state index contributed by atoms with van der Waals surface area (Å²) in [5, 5.41) is 23.4. The predicted molar refractivity (Wildman–Crippen MR) is 122 cm³/mol. The quantitative estimate of drug-likeness (QED) is 0.186. The summed E-state index contributed by atoms with van der Waals surface area (Å²) < 4.78 is 0. The van der Waals surface area contributed by atoms with E-state index in [1.54, 1.807) is 0 Å². The number of nitrogens with two attached hydrogens (primary N) is 1. The molecule has 2 rings (SSSR count). The van der Waals surface area contributed by atoms with Crippen LogP contribution in [0, 0.1) is 0 Å². The summed E-state index contributed by atoms with van der Waals surface area (Å²) in [6, 6.07) is -4.49. The lowest BCUT2D eigenvalue weighted by molar-refractivity contribution is -0.149. The Labute approximate surface area is 200 Å². The number of carboxylic acid groups (broad SMARTS) is 2. The van der Waals surface area contributed by atoms with Crippen LogP contribution >= 0.6 is 11.8 Å². The summed E-state index contributed by atoms with van der Waals surface area (Å²) in [6.07, 6.45) is 5.21. The lowest BCUT2D eigenvalue weighted by atomic mass is 10.1. The van der Waals surface area contributed by atoms with Crippen molar-refractivity contribution in [3.63, 3.8) is 0 Å². The van der Waals surface area contributed by atoms with E-state index in [0.717, 1.165) is 0 Å². The smallest absolute Gasteiger partial charge is 0.326 e. The Morgan fingerprint density at radius 3 is 2.53 bits per heavy atom. The minimum atomic E-state index is -1.37. The lowest BCUT2D eigenvalue weighted by Crippen LogP contribution is -2.58. The molecule has 1 aromatic rings. The summed E-state index contributed by atoms with van der Waals surface area (Å²) in [6.45, 7) is 0.278. The zero-order valence-corrected chi connectivity index (χ0v) is 19.5. The van der Waals surface area contributed by atoms with Gasteiger partial charge in [-0.05, 0) is 31.3 Å². The van der Waals surface area contributed by atoms with Crippen molar-refractivity contribution in [1.82, 2.24) is 25.5 Å². The molecule has 0 bridgehead atoms. The molecule has 0 radical (unpaired) electrons. The van der Waals surface area contributed by atoms with Gasteiger partial charge < -0.3 is 36.5 Å². The number of aromatic nitrogens is 2. The molecule has 14 heteroatoms. The first-order valence-electron chi connectivity index (χ1n) is 10.7. The van der Waals surface area contributed by atoms with Gasteiger partial charge >= 0.3 is 11.9 Å². The molecule has 188 valence electrons. The molecule has 1 fully saturated rings. The van der Waals surface area contributed by atoms with Crippen LogP contribution in [0.5, 0.6) is 0 Å². The Hall–Kier alpha value is -3.13. The number of likely N-dealkylation sites (tertiary alicyclic amines) is 1. The Morgan fingerprint density at radius 2 is 1.94 bits per heavy atom. The maximum Gasteiger partial charge on any atom is 0.326 e. The van der Waals surface area contributed by atoms with Crippen molar-refractivity contribution in [2.45, 2.75) is 56.3 Å². The van der Waals surface area contributed by atoms with Crippen LogP contribution < -0.4 is 16.4 Å². The van der Waals surface area contributed by atoms with Gasteiger partial charge in [-0.25, -0.2) is 9.78 Å². The second-order valence-corrected chi connectivity index (χ2v) is 8.90. The van der Waals surface area contributed by atoms with Gasteiger partial charge in [0.15, 0.2) is 0 Å². The maximum absolute atomic E-state index is 13.1. The van der Waals surface area contributed by atoms with Gasteiger partial charge in [0.1, 0.15) is 18.1 Å². The largest absolute Gasteiger partial charge is 0.481 e. The predicted octanol–water partition coefficient (Wildman–Crippen LogP) is -1.45. The first-order valence-corrected chi connectivity index (χ1v) is 12.1. The number of nitrogens with zero attached hydrogens (tertiary/aromatic N) is 2. The van der Waals surface area contributed by atoms with Gasteiger partial charge in [-0.3, -0.25) is 19.2 Å². The number of nitrogens with one attached hydrogen (secondary N) is 3. The third-order valence-electron chi connectivity index (χ3n) is 5.39. The molecule has 34 heavy (non-hydrogen) atoms. The van der Waals surface area contributed by atoms with Gasteiger partial charge in [0.25, 0.3) is 0 Å². The standard InChI is InChI=1S/C20H30N6O7S/c1-34-6-4-13(19(31)26-5-2-3-15(26)20(32)33)24-18(30)14(7-11-9-22-10-23-11)25-17(29)12(21)8-16(27)28/h9-10,12-15H,2-8,21H2,1H3,(H,22,23)(H,24,30)(H,25,29)(H,27,28)(H,32,33). The van der Waals surface area contributed by atoms with E-state index in [1.807, 2.05) is 6.26 Å². The second-order valence-electron chi connectivity index (χ2n) is 7.92. The molecule has 0 spiro atoms. The molecule has 4 unspecified atom stereocenters. The van der Waals surface area contributed by atoms with Crippen molar-refractivity contribution in [3.8, 4) is 0 Å². The molecule has 1 aliphatic rings. The van der Waals surface area contributed by atoms with Gasteiger partial charge in [-0.1, -0.05) is 0 Å². The van der Waals surface area contributed by atoms with Gasteiger partial charge in [-0.15, -0.1) is 0 Å². The summed E-state index contributed by atoms with van der Waals surface area (Å²) in [4.78, 5) is 69.0. The van der Waals surface area contributed by atoms with Gasteiger partial charge in [0.05, 0.1) is 18.8 Å². The van der Waals surface area contributed by atoms with Gasteiger partial charge in [0, 0.05) is 24.9 Å². The van der Waals surface area contributed by atoms with E-state index in [2.05, 4.69) is 20.6 Å². The van der Waals surface area contributed by atoms with Crippen LogP contribution in [0.15, 0.2) is 12.5 Å². The fraction of sp³-hybridized carbons (Fsp3) is 0.600. The molecule has 3 amide bonds. The number of H-pyrrole nitrogens is 1. The van der Waals surface area contributed by atoms with E-state index < -0.39 is 60.2 Å². The van der Waals surface area contributed by atoms with Crippen molar-refractivity contribution in [3.05, 3.63) is 18.2 Å². The number of thioether (sulfide) groups is 1. The van der Waals surface area contributed by atoms with E-state index in [1.165, 1.54) is 29.2 Å². The number of carbonyl (C=O) groups is 5. The first kappa shape index (κ1) is 27.1. The van der Waals surface area contributed by atoms with Crippen molar-refractivity contribution < 1.29 is 34.2 Å². The van der Waals surface area contributed by atoms with E-state index in [-0.39, 0.29) is 19.4 Å². The molecule has 2 heterocycles. The van der Waals surface area contributed by atoms with Crippen LogP contribution in [0.2, 0.25) is 0 Å². The highest BCUT2D eigenvalue weighted by Gasteiger charge is 2.38. The molecule has 13 nitrogen and oxygen atoms in total. The average Bonchev–Trinajstić information content (AvgIpc) is 3.47. The average molecular weight is 499 g/mol. The molecular weight excluding hydrogens is 468 g/mol. The Kier molecular flexibility index (Phi) is 10.3. The monoisotopic (exact) mass is 498 g/mol. The Morgan fingerprint density at radius 1 is 1.24 bits per heavy atom. The molecule has 0 aromatic carbocycles. The van der Waals surface area contributed by atoms with Crippen molar-refractivity contribution in [2.24, 2.45) is 5.73 Å². The van der Waals surface area contributed by atoms with Crippen LogP contribution in [0.25, 0.3) is 0 Å². The lowest BCUT2D eigenvalue weighted by Gasteiger charge is -2.29. The number of hydrogen-bond donors (Lipinski definition) is 6. The first-order chi connectivity index (χ1) is 16.1. The minimum Gasteiger partial charge on any atom is -0.481 e. The molecule has 0 saturated carbocycles. The van der Waals surface area contributed by atoms with Crippen molar-refractivity contribution >= 4 is 41.4 Å². The van der Waals surface area contributed by atoms with E-state index in [4.69, 9.17) is 10.8 Å². The Bertz CT molecular complexity index is 881. The molecule has 7 N–H and O–H groups in total. The van der Waals surface area contributed by atoms with Gasteiger partial charge in [-0.2, -0.15) is 11.8 Å². The number of rotatable bonds is 13. The topological polar surface area (TPSA) is 208 Å². The normalized spacial score (nSPS) is 18.1. The molecule has 0 aliphatic carbocycles. The van der Waals surface area contributed by atoms with Crippen LogP contribution in [0.1, 0.15) is 31.4 Å². The van der Waals surface area contributed by atoms with Gasteiger partial charge in [0.2, 0.25) is 17.7 Å². The fourth-order valence-electron chi connectivity index (χ4n) is 3.64. The van der Waals surface area contributed by atoms with Crippen LogP contribution in [-0.4, -0.2) is 97.5 Å². The molecule has 1 aromatic heterocycles. The third-order valence-corrected chi connectivity index (χ3v) is 6.03. The summed E-state index contributed by atoms with van der Waals surface area (Å²) in [7, 11) is 0. The van der Waals surface area contributed by atoms with Crippen LogP contribution in [-0.2, 0) is 30.4 Å². The Balaban J connectivity index is 2.18. The van der Waals surface area contributed by atoms with E-state index >= 15 is 0 Å². The minimum absolute atomic E-state index is 0.0116. The second kappa shape index (κ2) is 12.9. The molecule has 1 saturated heterocycles. The summed E-state index contributed by atoms with van der Waals surface area (Å²) in [5.41, 5.74) is 6.14. The summed E-state index contributed by atoms with van der Waals surface area (Å²) in [5.74, 6) is -3.85. The number of amides is 3. The molecule has 1 aliphatic heterocycles. The highest BCUT2D eigenvalue weighted by atomic mass is 32.2. The zero-order valence-electron chi connectivity index (χ0n) is 18.7. The number of imidazole rings is 1. The number of aliphatic carboxylic acids is 2. The fourth-order valence-corrected chi connectivity index (χ4v) is 4.11. The van der Waals surface area contributed by atoms with Crippen LogP contribution in [0.3, 0.4) is 0 Å². The van der Waals surface area contributed by atoms with E-state index in [0.29, 0.717) is 24.3 Å². The number of aromatic amines is 1. The SMILES string of the molecule is CSCCC(NC(=O)C(Cc1cnc[nH]1)NC(=O)C(N)CC(=O)O)C(=O)N1CCCC1C(=O)O.